The lowest BCUT2D eigenvalue weighted by molar-refractivity contribution is -0.158. The van der Waals surface area contributed by atoms with Crippen LogP contribution in [0.2, 0.25) is 0 Å². The van der Waals surface area contributed by atoms with Crippen molar-refractivity contribution in [3.63, 3.8) is 0 Å². The molecule has 2 unspecified atom stereocenters. The van der Waals surface area contributed by atoms with Crippen molar-refractivity contribution in [2.45, 2.75) is 62.3 Å². The van der Waals surface area contributed by atoms with Gasteiger partial charge in [-0.1, -0.05) is 6.92 Å². The SMILES string of the molecule is C[C@@H](NC(=O)Cn1cnnn1)[C@H]1C(=O)N2C(C(=O)O)=C(SC3CNC(C(=O)N4C[C@@H]5NC(=N)N[C@@H]5C4)C3)[C@H](C)[C@H]12. The first-order valence-electron chi connectivity index (χ1n) is 13.2. The molecule has 40 heavy (non-hydrogen) atoms. The summed E-state index contributed by atoms with van der Waals surface area (Å²) in [6.45, 7) is 5.17. The van der Waals surface area contributed by atoms with Gasteiger partial charge in [-0.15, -0.1) is 16.9 Å². The second kappa shape index (κ2) is 10.0. The number of likely N-dealkylation sites (tertiary alicyclic amines) is 1. The number of thioether (sulfide) groups is 1. The monoisotopic (exact) mass is 573 g/mol. The molecule has 5 aliphatic rings. The van der Waals surface area contributed by atoms with Crippen LogP contribution in [0.1, 0.15) is 20.3 Å². The maximum Gasteiger partial charge on any atom is 0.353 e. The van der Waals surface area contributed by atoms with E-state index in [0.29, 0.717) is 31.0 Å². The second-order valence-corrected chi connectivity index (χ2v) is 12.3. The number of hydrogen-bond acceptors (Lipinski definition) is 10. The summed E-state index contributed by atoms with van der Waals surface area (Å²) in [7, 11) is 0. The van der Waals surface area contributed by atoms with Crippen LogP contribution in [0.5, 0.6) is 0 Å². The molecule has 0 bridgehead atoms. The van der Waals surface area contributed by atoms with Gasteiger partial charge in [-0.3, -0.25) is 19.8 Å². The highest BCUT2D eigenvalue weighted by atomic mass is 32.2. The van der Waals surface area contributed by atoms with Crippen LogP contribution >= 0.6 is 11.8 Å². The van der Waals surface area contributed by atoms with E-state index in [-0.39, 0.29) is 71.3 Å². The number of nitrogens with zero attached hydrogens (tertiary/aromatic N) is 6. The first-order chi connectivity index (χ1) is 19.1. The fourth-order valence-electron chi connectivity index (χ4n) is 6.56. The average Bonchev–Trinajstić information content (AvgIpc) is 3.70. The van der Waals surface area contributed by atoms with Gasteiger partial charge in [0.2, 0.25) is 17.7 Å². The second-order valence-electron chi connectivity index (χ2n) is 11.0. The first kappa shape index (κ1) is 26.5. The summed E-state index contributed by atoms with van der Waals surface area (Å²) >= 11 is 1.43. The predicted molar refractivity (Wildman–Crippen MR) is 139 cm³/mol. The molecule has 1 aromatic rings. The third-order valence-electron chi connectivity index (χ3n) is 8.39. The number of rotatable bonds is 8. The largest absolute Gasteiger partial charge is 0.477 e. The molecule has 5 aliphatic heterocycles. The number of carboxylic acids is 1. The topological polar surface area (TPSA) is 211 Å². The Morgan fingerprint density at radius 1 is 1.27 bits per heavy atom. The zero-order chi connectivity index (χ0) is 28.3. The Labute approximate surface area is 233 Å². The molecule has 17 heteroatoms. The van der Waals surface area contributed by atoms with Crippen LogP contribution < -0.4 is 21.3 Å². The number of aliphatic carboxylic acids is 1. The minimum Gasteiger partial charge on any atom is -0.477 e. The Morgan fingerprint density at radius 2 is 2.00 bits per heavy atom. The minimum absolute atomic E-state index is 0.00212. The summed E-state index contributed by atoms with van der Waals surface area (Å²) in [5, 5.41) is 40.6. The van der Waals surface area contributed by atoms with E-state index in [0.717, 1.165) is 0 Å². The predicted octanol–water partition coefficient (Wildman–Crippen LogP) is -2.88. The van der Waals surface area contributed by atoms with Gasteiger partial charge < -0.3 is 36.2 Å². The summed E-state index contributed by atoms with van der Waals surface area (Å²) in [6, 6.07) is -1.19. The van der Waals surface area contributed by atoms with Gasteiger partial charge in [0.25, 0.3) is 0 Å². The fraction of sp³-hybridized carbons (Fsp3) is 0.652. The molecule has 0 aromatic carbocycles. The summed E-state index contributed by atoms with van der Waals surface area (Å²) < 4.78 is 1.27. The van der Waals surface area contributed by atoms with Crippen molar-refractivity contribution in [2.75, 3.05) is 19.6 Å². The van der Waals surface area contributed by atoms with Gasteiger partial charge in [0.15, 0.2) is 5.96 Å². The maximum atomic E-state index is 13.2. The van der Waals surface area contributed by atoms with Crippen molar-refractivity contribution in [3.8, 4) is 0 Å². The third-order valence-corrected chi connectivity index (χ3v) is 9.90. The molecule has 6 rings (SSSR count). The summed E-state index contributed by atoms with van der Waals surface area (Å²) in [5.74, 6) is -2.34. The Bertz CT molecular complexity index is 1270. The van der Waals surface area contributed by atoms with Gasteiger partial charge in [-0.05, 0) is 23.8 Å². The molecule has 6 N–H and O–H groups in total. The number of carboxylic acid groups (broad SMARTS) is 1. The zero-order valence-corrected chi connectivity index (χ0v) is 22.7. The molecule has 0 aliphatic carbocycles. The Morgan fingerprint density at radius 3 is 2.65 bits per heavy atom. The molecule has 0 spiro atoms. The van der Waals surface area contributed by atoms with Gasteiger partial charge in [0.05, 0.1) is 30.1 Å². The van der Waals surface area contributed by atoms with Crippen molar-refractivity contribution in [1.29, 1.82) is 5.41 Å². The van der Waals surface area contributed by atoms with Crippen LogP contribution in [0, 0.1) is 17.2 Å². The molecule has 3 amide bonds. The van der Waals surface area contributed by atoms with Crippen molar-refractivity contribution in [2.24, 2.45) is 11.8 Å². The van der Waals surface area contributed by atoms with Gasteiger partial charge >= 0.3 is 5.97 Å². The molecular weight excluding hydrogens is 542 g/mol. The lowest BCUT2D eigenvalue weighted by Crippen LogP contribution is -2.66. The number of guanidine groups is 1. The summed E-state index contributed by atoms with van der Waals surface area (Å²) in [6.07, 6.45) is 1.86. The summed E-state index contributed by atoms with van der Waals surface area (Å²) in [4.78, 5) is 54.9. The van der Waals surface area contributed by atoms with E-state index >= 15 is 0 Å². The van der Waals surface area contributed by atoms with Crippen LogP contribution in [-0.4, -0.2) is 120 Å². The molecule has 16 nitrogen and oxygen atoms in total. The van der Waals surface area contributed by atoms with Crippen molar-refractivity contribution < 1.29 is 24.3 Å². The Balaban J connectivity index is 1.08. The van der Waals surface area contributed by atoms with Crippen molar-refractivity contribution in [3.05, 3.63) is 16.9 Å². The van der Waals surface area contributed by atoms with E-state index < -0.39 is 17.9 Å². The summed E-state index contributed by atoms with van der Waals surface area (Å²) in [5.41, 5.74) is -0.00212. The lowest BCUT2D eigenvalue weighted by atomic mass is 9.78. The Hall–Kier alpha value is -3.73. The average molecular weight is 574 g/mol. The molecule has 1 aromatic heterocycles. The first-order valence-corrected chi connectivity index (χ1v) is 14.1. The standard InChI is InChI=1S/C23H31N11O5S/c1-9-17-16(10(2)27-15(35)7-33-8-26-30-31-33)21(37)34(17)18(22(38)39)19(9)40-11-3-12(25-4-11)20(36)32-5-13-14(6-32)29-23(24)28-13/h8-14,16-17,25H,3-7H2,1-2H3,(H,27,35)(H,38,39)(H3,24,28,29)/t9-,10-,11?,12?,13-,14+,16-,17-/m1/s1. The number of tetrazole rings is 1. The molecule has 214 valence electrons. The molecule has 4 saturated heterocycles. The van der Waals surface area contributed by atoms with E-state index in [9.17, 15) is 24.3 Å². The highest BCUT2D eigenvalue weighted by Crippen LogP contribution is 2.51. The fourth-order valence-corrected chi connectivity index (χ4v) is 8.03. The van der Waals surface area contributed by atoms with Gasteiger partial charge in [-0.25, -0.2) is 9.48 Å². The van der Waals surface area contributed by atoms with Crippen LogP contribution in [-0.2, 0) is 25.7 Å². The zero-order valence-electron chi connectivity index (χ0n) is 21.9. The van der Waals surface area contributed by atoms with E-state index in [1.165, 1.54) is 27.7 Å². The van der Waals surface area contributed by atoms with E-state index in [1.807, 2.05) is 6.92 Å². The highest BCUT2D eigenvalue weighted by Gasteiger charge is 2.60. The van der Waals surface area contributed by atoms with Crippen molar-refractivity contribution >= 4 is 41.4 Å². The van der Waals surface area contributed by atoms with Crippen LogP contribution in [0.25, 0.3) is 0 Å². The maximum absolute atomic E-state index is 13.2. The molecule has 8 atom stereocenters. The van der Waals surface area contributed by atoms with E-state index in [2.05, 4.69) is 36.8 Å². The lowest BCUT2D eigenvalue weighted by Gasteiger charge is -2.47. The number of nitrogens with one attached hydrogen (secondary N) is 5. The smallest absolute Gasteiger partial charge is 0.353 e. The number of amides is 3. The number of fused-ring (bicyclic) bond motifs is 2. The Kier molecular flexibility index (Phi) is 6.64. The number of β-lactam (4-membered cyclic amide) rings is 1. The quantitative estimate of drug-likeness (QED) is 0.173. The number of carbonyl (C=O) groups excluding carboxylic acids is 3. The number of aromatic nitrogens is 4. The number of hydrogen-bond donors (Lipinski definition) is 6. The molecule has 4 fully saturated rings. The highest BCUT2D eigenvalue weighted by molar-refractivity contribution is 8.03. The minimum atomic E-state index is -1.16. The van der Waals surface area contributed by atoms with Crippen LogP contribution in [0.3, 0.4) is 0 Å². The molecule has 0 radical (unpaired) electrons. The third kappa shape index (κ3) is 4.46. The van der Waals surface area contributed by atoms with Gasteiger partial charge in [0.1, 0.15) is 18.6 Å². The molecule has 0 saturated carbocycles. The van der Waals surface area contributed by atoms with Crippen LogP contribution in [0.15, 0.2) is 16.9 Å². The number of carbonyl (C=O) groups is 4. The molecular formula is C23H31N11O5S. The van der Waals surface area contributed by atoms with E-state index in [1.54, 1.807) is 11.8 Å². The normalized spacial score (nSPS) is 33.3. The van der Waals surface area contributed by atoms with E-state index in [4.69, 9.17) is 5.41 Å². The van der Waals surface area contributed by atoms with Crippen molar-refractivity contribution in [1.82, 2.24) is 51.3 Å². The van der Waals surface area contributed by atoms with Gasteiger partial charge in [-0.2, -0.15) is 0 Å². The van der Waals surface area contributed by atoms with Crippen LogP contribution in [0.4, 0.5) is 0 Å². The van der Waals surface area contributed by atoms with Gasteiger partial charge in [0, 0.05) is 41.7 Å². The molecule has 6 heterocycles.